The van der Waals surface area contributed by atoms with Crippen molar-refractivity contribution < 1.29 is 1.37 Å². The lowest BCUT2D eigenvalue weighted by molar-refractivity contribution is 0.156. The molecule has 0 spiro atoms. The summed E-state index contributed by atoms with van der Waals surface area (Å²) in [5.74, 6) is 0.686. The number of halogens is 2. The fraction of sp³-hybridized carbons (Fsp3) is 0.400. The maximum Gasteiger partial charge on any atom is 0.103 e. The normalized spacial score (nSPS) is 19.9. The second-order valence-corrected chi connectivity index (χ2v) is 12.7. The van der Waals surface area contributed by atoms with Gasteiger partial charge in [0, 0.05) is 35.0 Å². The summed E-state index contributed by atoms with van der Waals surface area (Å²) in [4.78, 5) is 4.48. The Labute approximate surface area is 240 Å². The first-order valence-electron chi connectivity index (χ1n) is 13.9. The van der Waals surface area contributed by atoms with Gasteiger partial charge in [0.25, 0.3) is 0 Å². The highest BCUT2D eigenvalue weighted by molar-refractivity contribution is 6.36. The predicted octanol–water partition coefficient (Wildman–Crippen LogP) is 7.13. The topological polar surface area (TPSA) is 88.0 Å². The van der Waals surface area contributed by atoms with E-state index in [1.807, 2.05) is 30.5 Å². The molecule has 3 aromatic rings. The van der Waals surface area contributed by atoms with Gasteiger partial charge in [-0.25, -0.2) is 0 Å². The zero-order chi connectivity index (χ0) is 28.3. The summed E-state index contributed by atoms with van der Waals surface area (Å²) in [6.45, 7) is 7.03. The third kappa shape index (κ3) is 5.09. The van der Waals surface area contributed by atoms with E-state index in [0.717, 1.165) is 12.8 Å². The monoisotopic (exact) mass is 562 g/mol. The van der Waals surface area contributed by atoms with E-state index in [4.69, 9.17) is 23.2 Å². The molecule has 3 aliphatic rings. The maximum atomic E-state index is 9.84. The Kier molecular flexibility index (Phi) is 6.23. The SMILES string of the molecule is [2H][C@](Nc1cc(Cl)c2ncc(C#N)c(NCC(C)(C)C)c2c1)(C1=CN(C2(C3CC3)CC2)NN1)c1ccccc1Cl. The Bertz CT molecular complexity index is 1550. The van der Waals surface area contributed by atoms with Crippen LogP contribution >= 0.6 is 23.2 Å². The first kappa shape index (κ1) is 24.8. The van der Waals surface area contributed by atoms with Gasteiger partial charge in [-0.15, -0.1) is 5.53 Å². The molecule has 7 nitrogen and oxygen atoms in total. The molecule has 1 aromatic heterocycles. The second-order valence-electron chi connectivity index (χ2n) is 11.9. The molecule has 2 aliphatic carbocycles. The van der Waals surface area contributed by atoms with Crippen LogP contribution in [0.15, 0.2) is 54.5 Å². The summed E-state index contributed by atoms with van der Waals surface area (Å²) in [5.41, 5.74) is 10.2. The van der Waals surface area contributed by atoms with Crippen LogP contribution < -0.4 is 21.6 Å². The molecular weight excluding hydrogens is 529 g/mol. The molecule has 2 aromatic carbocycles. The van der Waals surface area contributed by atoms with Gasteiger partial charge in [0.15, 0.2) is 0 Å². The first-order valence-corrected chi connectivity index (χ1v) is 14.1. The lowest BCUT2D eigenvalue weighted by Crippen LogP contribution is -2.46. The minimum absolute atomic E-state index is 0.0127. The molecule has 2 saturated carbocycles. The van der Waals surface area contributed by atoms with Crippen LogP contribution in [0.1, 0.15) is 65.0 Å². The number of fused-ring (bicyclic) bond motifs is 1. The average molecular weight is 564 g/mol. The lowest BCUT2D eigenvalue weighted by Gasteiger charge is -2.26. The molecular formula is C30H33Cl2N7. The third-order valence-electron chi connectivity index (χ3n) is 7.67. The van der Waals surface area contributed by atoms with Crippen molar-refractivity contribution in [1.82, 2.24) is 21.0 Å². The number of aromatic nitrogens is 1. The van der Waals surface area contributed by atoms with Crippen LogP contribution in [-0.4, -0.2) is 22.1 Å². The van der Waals surface area contributed by atoms with E-state index >= 15 is 0 Å². The summed E-state index contributed by atoms with van der Waals surface area (Å²) in [6.07, 6.45) is 8.32. The summed E-state index contributed by atoms with van der Waals surface area (Å²) in [5, 5.41) is 20.5. The molecule has 1 aliphatic heterocycles. The summed E-state index contributed by atoms with van der Waals surface area (Å²) < 4.78 is 9.83. The average Bonchev–Trinajstić information content (AvgIpc) is 3.84. The Balaban J connectivity index is 1.44. The molecule has 0 bridgehead atoms. The van der Waals surface area contributed by atoms with Crippen molar-refractivity contribution in [2.24, 2.45) is 11.3 Å². The number of nitriles is 1. The van der Waals surface area contributed by atoms with Gasteiger partial charge in [0.2, 0.25) is 0 Å². The number of hydrogen-bond acceptors (Lipinski definition) is 7. The summed E-state index contributed by atoms with van der Waals surface area (Å²) >= 11 is 13.5. The minimum Gasteiger partial charge on any atom is -0.383 e. The number of rotatable bonds is 8. The molecule has 1 atom stereocenters. The number of benzene rings is 2. The Morgan fingerprint density at radius 3 is 2.67 bits per heavy atom. The van der Waals surface area contributed by atoms with Crippen LogP contribution in [0.25, 0.3) is 10.9 Å². The molecule has 0 radical (unpaired) electrons. The van der Waals surface area contributed by atoms with Crippen molar-refractivity contribution in [3.8, 4) is 6.07 Å². The van der Waals surface area contributed by atoms with Gasteiger partial charge >= 0.3 is 0 Å². The van der Waals surface area contributed by atoms with Crippen molar-refractivity contribution in [2.75, 3.05) is 17.2 Å². The highest BCUT2D eigenvalue weighted by Crippen LogP contribution is 2.57. The number of nitrogens with one attached hydrogen (secondary N) is 4. The first-order chi connectivity index (χ1) is 19.0. The fourth-order valence-electron chi connectivity index (χ4n) is 5.32. The Morgan fingerprint density at radius 2 is 2.00 bits per heavy atom. The van der Waals surface area contributed by atoms with Crippen molar-refractivity contribution >= 4 is 45.5 Å². The Hall–Kier alpha value is -3.18. The molecule has 6 rings (SSSR count). The molecule has 2 heterocycles. The van der Waals surface area contributed by atoms with Crippen molar-refractivity contribution in [3.05, 3.63) is 75.7 Å². The van der Waals surface area contributed by atoms with Gasteiger partial charge in [-0.1, -0.05) is 62.2 Å². The van der Waals surface area contributed by atoms with Crippen LogP contribution in [0, 0.1) is 22.7 Å². The molecule has 4 N–H and O–H groups in total. The van der Waals surface area contributed by atoms with Crippen LogP contribution in [-0.2, 0) is 0 Å². The number of nitrogens with zero attached hydrogens (tertiary/aromatic N) is 3. The van der Waals surface area contributed by atoms with E-state index in [2.05, 4.69) is 58.4 Å². The zero-order valence-corrected chi connectivity index (χ0v) is 23.8. The van der Waals surface area contributed by atoms with E-state index in [-0.39, 0.29) is 11.0 Å². The van der Waals surface area contributed by atoms with Gasteiger partial charge < -0.3 is 16.1 Å². The quantitative estimate of drug-likeness (QED) is 0.232. The fourth-order valence-corrected chi connectivity index (χ4v) is 5.82. The Morgan fingerprint density at radius 1 is 1.23 bits per heavy atom. The van der Waals surface area contributed by atoms with E-state index in [0.29, 0.717) is 61.6 Å². The van der Waals surface area contributed by atoms with Crippen LogP contribution in [0.5, 0.6) is 0 Å². The number of anilines is 2. The van der Waals surface area contributed by atoms with E-state index in [1.54, 1.807) is 18.3 Å². The number of hydrogen-bond donors (Lipinski definition) is 4. The van der Waals surface area contributed by atoms with E-state index in [9.17, 15) is 6.63 Å². The van der Waals surface area contributed by atoms with E-state index < -0.39 is 6.02 Å². The third-order valence-corrected chi connectivity index (χ3v) is 8.29. The highest BCUT2D eigenvalue weighted by Gasteiger charge is 2.58. The van der Waals surface area contributed by atoms with E-state index in [1.165, 1.54) is 12.8 Å². The standard InChI is InChI=1S/C30H33Cl2N7/c1-29(2,3)17-35-26-18(14-33)15-34-27-22(26)12-20(13-24(27)32)36-28(21-6-4-5-7-23(21)31)25-16-39(38-37-25)30(10-11-30)19-8-9-19/h4-7,12-13,15-16,19,28,36-38H,8-11,17H2,1-3H3,(H,34,35)/t28-/m1/s1/i28D. The van der Waals surface area contributed by atoms with Crippen molar-refractivity contribution in [2.45, 2.75) is 58.0 Å². The van der Waals surface area contributed by atoms with Gasteiger partial charge in [-0.05, 0) is 60.8 Å². The van der Waals surface area contributed by atoms with Gasteiger partial charge in [0.1, 0.15) is 6.07 Å². The second kappa shape index (κ2) is 9.78. The molecule has 0 saturated heterocycles. The van der Waals surface area contributed by atoms with Gasteiger partial charge in [0.05, 0.1) is 40.4 Å². The molecule has 202 valence electrons. The van der Waals surface area contributed by atoms with Gasteiger partial charge in [-0.2, -0.15) is 5.26 Å². The summed E-state index contributed by atoms with van der Waals surface area (Å²) in [6, 6.07) is 11.8. The van der Waals surface area contributed by atoms with Crippen LogP contribution in [0.3, 0.4) is 0 Å². The largest absolute Gasteiger partial charge is 0.383 e. The lowest BCUT2D eigenvalue weighted by atomic mass is 9.96. The molecule has 0 amide bonds. The number of pyridine rings is 1. The number of hydrazine groups is 2. The smallest absolute Gasteiger partial charge is 0.103 e. The molecule has 0 unspecified atom stereocenters. The van der Waals surface area contributed by atoms with Crippen LogP contribution in [0.2, 0.25) is 10.0 Å². The molecule has 39 heavy (non-hydrogen) atoms. The van der Waals surface area contributed by atoms with Crippen molar-refractivity contribution in [1.29, 1.82) is 5.26 Å². The van der Waals surface area contributed by atoms with Crippen molar-refractivity contribution in [3.63, 3.8) is 0 Å². The molecule has 9 heteroatoms. The maximum absolute atomic E-state index is 9.84. The van der Waals surface area contributed by atoms with Crippen LogP contribution in [0.4, 0.5) is 11.4 Å². The van der Waals surface area contributed by atoms with Gasteiger partial charge in [-0.3, -0.25) is 9.99 Å². The minimum atomic E-state index is -1.48. The zero-order valence-electron chi connectivity index (χ0n) is 23.3. The molecule has 2 fully saturated rings. The predicted molar refractivity (Wildman–Crippen MR) is 158 cm³/mol. The highest BCUT2D eigenvalue weighted by atomic mass is 35.5. The summed E-state index contributed by atoms with van der Waals surface area (Å²) in [7, 11) is 0.